The number of likely N-dealkylation sites (tertiary alicyclic amines) is 1. The van der Waals surface area contributed by atoms with Crippen molar-refractivity contribution in [2.24, 2.45) is 0 Å². The topological polar surface area (TPSA) is 23.5 Å². The van der Waals surface area contributed by atoms with Crippen molar-refractivity contribution in [1.82, 2.24) is 4.90 Å². The van der Waals surface area contributed by atoms with Crippen molar-refractivity contribution >= 4 is 17.0 Å². The summed E-state index contributed by atoms with van der Waals surface area (Å²) in [5, 5.41) is 10.7. The van der Waals surface area contributed by atoms with Crippen LogP contribution in [0.1, 0.15) is 71.1 Å². The van der Waals surface area contributed by atoms with Gasteiger partial charge in [-0.15, -0.1) is 0 Å². The van der Waals surface area contributed by atoms with Gasteiger partial charge < -0.3 is 5.11 Å². The van der Waals surface area contributed by atoms with Gasteiger partial charge in [0.25, 0.3) is 0 Å². The minimum atomic E-state index is -0.826. The van der Waals surface area contributed by atoms with E-state index >= 15 is 0 Å². The zero-order valence-corrected chi connectivity index (χ0v) is 22.7. The van der Waals surface area contributed by atoms with Crippen LogP contribution in [0.25, 0.3) is 0 Å². The predicted octanol–water partition coefficient (Wildman–Crippen LogP) is 6.98. The maximum atomic E-state index is 10.7. The van der Waals surface area contributed by atoms with E-state index in [1.54, 1.807) is 0 Å². The Bertz CT molecular complexity index is 591. The van der Waals surface area contributed by atoms with Crippen molar-refractivity contribution < 1.29 is 26.0 Å². The second kappa shape index (κ2) is 13.1. The van der Waals surface area contributed by atoms with Crippen LogP contribution >= 0.6 is 17.0 Å². The fraction of sp³-hybridized carbons (Fsp3) is 0.542. The van der Waals surface area contributed by atoms with Gasteiger partial charge in [-0.25, -0.2) is 0 Å². The summed E-state index contributed by atoms with van der Waals surface area (Å²) in [4.78, 5) is 2.45. The molecule has 161 valence electrons. The number of rotatable bonds is 2. The van der Waals surface area contributed by atoms with E-state index in [4.69, 9.17) is 17.0 Å². The fourth-order valence-corrected chi connectivity index (χ4v) is 3.32. The van der Waals surface area contributed by atoms with Gasteiger partial charge in [0, 0.05) is 12.1 Å². The molecule has 1 heterocycles. The molecule has 5 radical (unpaired) electrons. The van der Waals surface area contributed by atoms with Gasteiger partial charge in [-0.3, -0.25) is 4.90 Å². The molecule has 1 saturated heterocycles. The van der Waals surface area contributed by atoms with E-state index in [1.165, 1.54) is 18.4 Å². The molecule has 2 aliphatic rings. The number of aromatic hydroxyl groups is 1. The van der Waals surface area contributed by atoms with E-state index in [-0.39, 0.29) is 10.8 Å². The second-order valence-corrected chi connectivity index (χ2v) is 13.3. The monoisotopic (exact) mass is 514 g/mol. The Morgan fingerprint density at radius 2 is 1.31 bits per heavy atom. The molecule has 0 atom stereocenters. The van der Waals surface area contributed by atoms with E-state index in [0.717, 1.165) is 30.8 Å². The van der Waals surface area contributed by atoms with Crippen molar-refractivity contribution in [3.8, 4) is 5.75 Å². The molecule has 1 N–H and O–H groups in total. The molecule has 0 aromatic heterocycles. The predicted molar refractivity (Wildman–Crippen MR) is 123 cm³/mol. The average Bonchev–Trinajstić information content (AvgIpc) is 3.31. The SMILES string of the molecule is CC(C)(C)c1cc(CN2CCCC2)c(O)c(C(C)(C)C)c1.[CH]1[CH][CH][CH][CH]1.[Cl][Zr][Cl]. The third-order valence-electron chi connectivity index (χ3n) is 5.01. The summed E-state index contributed by atoms with van der Waals surface area (Å²) in [6.45, 7) is 16.4. The quantitative estimate of drug-likeness (QED) is 0.458. The third-order valence-corrected chi connectivity index (χ3v) is 5.01. The van der Waals surface area contributed by atoms with E-state index < -0.39 is 20.8 Å². The number of halogens is 2. The van der Waals surface area contributed by atoms with Crippen LogP contribution in [0.3, 0.4) is 0 Å². The number of phenolic OH excluding ortho intramolecular Hbond substituents is 1. The average molecular weight is 517 g/mol. The van der Waals surface area contributed by atoms with Gasteiger partial charge in [0.15, 0.2) is 0 Å². The molecule has 5 heteroatoms. The molecular weight excluding hydrogens is 480 g/mol. The molecule has 1 aliphatic heterocycles. The standard InChI is InChI=1S/C19H31NO.C5H5.2ClH.Zr/c1-18(2,3)15-11-14(13-20-9-7-8-10-20)17(21)16(12-15)19(4,5)6;1-2-4-5-3-1;;;/h11-12,21H,7-10,13H2,1-6H3;1-5H;2*1H;/q;;;;+2/p-2. The number of hydrogen-bond acceptors (Lipinski definition) is 2. The minimum absolute atomic E-state index is 0.0366. The molecule has 1 aromatic rings. The molecule has 2 fully saturated rings. The Balaban J connectivity index is 0.000000440. The summed E-state index contributed by atoms with van der Waals surface area (Å²) >= 11 is -0.826. The first-order valence-corrected chi connectivity index (χ1v) is 16.6. The molecule has 0 bridgehead atoms. The summed E-state index contributed by atoms with van der Waals surface area (Å²) in [5.74, 6) is 0.502. The summed E-state index contributed by atoms with van der Waals surface area (Å²) in [5.41, 5.74) is 3.55. The molecule has 1 aromatic carbocycles. The van der Waals surface area contributed by atoms with Crippen molar-refractivity contribution in [1.29, 1.82) is 0 Å². The molecule has 1 aliphatic carbocycles. The van der Waals surface area contributed by atoms with E-state index in [1.807, 2.05) is 32.1 Å². The Morgan fingerprint density at radius 1 is 0.862 bits per heavy atom. The van der Waals surface area contributed by atoms with Crippen LogP contribution in [0.15, 0.2) is 12.1 Å². The number of hydrogen-bond donors (Lipinski definition) is 1. The van der Waals surface area contributed by atoms with Crippen molar-refractivity contribution in [2.75, 3.05) is 13.1 Å². The van der Waals surface area contributed by atoms with Gasteiger partial charge in [-0.1, -0.05) is 53.7 Å². The summed E-state index contributed by atoms with van der Waals surface area (Å²) in [7, 11) is 9.87. The molecule has 1 saturated carbocycles. The molecule has 3 rings (SSSR count). The van der Waals surface area contributed by atoms with Crippen molar-refractivity contribution in [2.45, 2.75) is 71.8 Å². The zero-order valence-electron chi connectivity index (χ0n) is 18.7. The normalized spacial score (nSPS) is 17.2. The van der Waals surface area contributed by atoms with Crippen LogP contribution < -0.4 is 0 Å². The fourth-order valence-electron chi connectivity index (χ4n) is 3.32. The van der Waals surface area contributed by atoms with Crippen LogP contribution in [-0.2, 0) is 38.2 Å². The first-order valence-electron chi connectivity index (χ1n) is 10.2. The van der Waals surface area contributed by atoms with Crippen molar-refractivity contribution in [3.05, 3.63) is 60.9 Å². The van der Waals surface area contributed by atoms with Gasteiger partial charge in [-0.2, -0.15) is 0 Å². The molecule has 0 spiro atoms. The Labute approximate surface area is 198 Å². The number of nitrogens with zero attached hydrogens (tertiary/aromatic N) is 1. The molecular formula is C24H36Cl2NOZr. The van der Waals surface area contributed by atoms with E-state index in [0.29, 0.717) is 5.75 Å². The van der Waals surface area contributed by atoms with Crippen LogP contribution in [0.5, 0.6) is 5.75 Å². The summed E-state index contributed by atoms with van der Waals surface area (Å²) in [6, 6.07) is 4.41. The third kappa shape index (κ3) is 10.1. The van der Waals surface area contributed by atoms with Gasteiger partial charge >= 0.3 is 37.9 Å². The Morgan fingerprint density at radius 3 is 1.69 bits per heavy atom. The van der Waals surface area contributed by atoms with Gasteiger partial charge in [0.05, 0.1) is 0 Å². The summed E-state index contributed by atoms with van der Waals surface area (Å²) < 4.78 is 0. The van der Waals surface area contributed by atoms with Crippen LogP contribution in [0.2, 0.25) is 0 Å². The molecule has 2 nitrogen and oxygen atoms in total. The van der Waals surface area contributed by atoms with Gasteiger partial charge in [0.1, 0.15) is 5.75 Å². The van der Waals surface area contributed by atoms with Crippen LogP contribution in [0.4, 0.5) is 0 Å². The maximum absolute atomic E-state index is 10.7. The molecule has 29 heavy (non-hydrogen) atoms. The van der Waals surface area contributed by atoms with Gasteiger partial charge in [-0.05, 0) is 80.0 Å². The zero-order chi connectivity index (χ0) is 22.1. The van der Waals surface area contributed by atoms with Crippen LogP contribution in [0, 0.1) is 32.1 Å². The first kappa shape index (κ1) is 27.5. The van der Waals surface area contributed by atoms with E-state index in [9.17, 15) is 5.11 Å². The summed E-state index contributed by atoms with van der Waals surface area (Å²) in [6.07, 6.45) is 12.6. The molecule has 0 unspecified atom stereocenters. The number of phenols is 1. The van der Waals surface area contributed by atoms with Gasteiger partial charge in [0.2, 0.25) is 0 Å². The molecule has 0 amide bonds. The second-order valence-electron chi connectivity index (χ2n) is 9.55. The van der Waals surface area contributed by atoms with E-state index in [2.05, 4.69) is 58.6 Å². The van der Waals surface area contributed by atoms with Crippen molar-refractivity contribution in [3.63, 3.8) is 0 Å². The van der Waals surface area contributed by atoms with Crippen LogP contribution in [-0.4, -0.2) is 23.1 Å². The Hall–Kier alpha value is 0.443. The Kier molecular flexibility index (Phi) is 12.4. The number of benzene rings is 1. The first-order chi connectivity index (χ1) is 13.5.